The molecule has 4 nitrogen and oxygen atoms in total. The van der Waals surface area contributed by atoms with Gasteiger partial charge >= 0.3 is 0 Å². The average Bonchev–Trinajstić information content (AvgIpc) is 2.53. The number of rotatable bonds is 6. The molecule has 1 N–H and O–H groups in total. The third kappa shape index (κ3) is 6.08. The normalized spacial score (nSPS) is 16.7. The number of hydrazone groups is 1. The summed E-state index contributed by atoms with van der Waals surface area (Å²) in [6.07, 6.45) is 5.51. The molecule has 2 rings (SSSR count). The highest BCUT2D eigenvalue weighted by atomic mass is 16.2. The van der Waals surface area contributed by atoms with Crippen LogP contribution in [0.15, 0.2) is 35.4 Å². The van der Waals surface area contributed by atoms with E-state index < -0.39 is 0 Å². The summed E-state index contributed by atoms with van der Waals surface area (Å²) in [6.45, 7) is 4.49. The second kappa shape index (κ2) is 8.57. The zero-order chi connectivity index (χ0) is 14.9. The second-order valence-electron chi connectivity index (χ2n) is 5.70. The molecule has 0 bridgehead atoms. The van der Waals surface area contributed by atoms with Gasteiger partial charge in [-0.1, -0.05) is 36.8 Å². The summed E-state index contributed by atoms with van der Waals surface area (Å²) in [5.74, 6) is -0.00374. The Balaban J connectivity index is 1.68. The molecule has 0 aliphatic carbocycles. The highest BCUT2D eigenvalue weighted by molar-refractivity contribution is 5.85. The number of piperidine rings is 1. The zero-order valence-electron chi connectivity index (χ0n) is 12.8. The highest BCUT2D eigenvalue weighted by Crippen LogP contribution is 2.07. The van der Waals surface area contributed by atoms with Crippen LogP contribution in [0.2, 0.25) is 0 Å². The van der Waals surface area contributed by atoms with Crippen molar-refractivity contribution >= 4 is 11.6 Å². The molecule has 1 saturated heterocycles. The van der Waals surface area contributed by atoms with Gasteiger partial charge in [0.2, 0.25) is 0 Å². The van der Waals surface area contributed by atoms with Gasteiger partial charge in [-0.25, -0.2) is 5.43 Å². The predicted molar refractivity (Wildman–Crippen MR) is 86.3 cm³/mol. The van der Waals surface area contributed by atoms with Crippen LogP contribution in [-0.4, -0.2) is 36.2 Å². The number of nitrogens with zero attached hydrogens (tertiary/aromatic N) is 2. The maximum atomic E-state index is 11.8. The molecular formula is C17H25N3O. The van der Waals surface area contributed by atoms with E-state index in [0.29, 0.717) is 6.54 Å². The molecule has 1 aliphatic heterocycles. The summed E-state index contributed by atoms with van der Waals surface area (Å²) in [7, 11) is 0. The summed E-state index contributed by atoms with van der Waals surface area (Å²) in [5.41, 5.74) is 4.93. The number of likely N-dealkylation sites (tertiary alicyclic amines) is 1. The third-order valence-electron chi connectivity index (χ3n) is 3.81. The van der Waals surface area contributed by atoms with Crippen molar-refractivity contribution in [2.45, 2.75) is 39.0 Å². The first-order valence-corrected chi connectivity index (χ1v) is 7.82. The Morgan fingerprint density at radius 3 is 2.62 bits per heavy atom. The quantitative estimate of drug-likeness (QED) is 0.645. The molecule has 0 unspecified atom stereocenters. The number of benzene rings is 1. The lowest BCUT2D eigenvalue weighted by molar-refractivity contribution is -0.122. The number of hydrogen-bond donors (Lipinski definition) is 1. The molecule has 0 radical (unpaired) electrons. The van der Waals surface area contributed by atoms with E-state index in [0.717, 1.165) is 31.6 Å². The lowest BCUT2D eigenvalue weighted by Gasteiger charge is -2.25. The first-order valence-electron chi connectivity index (χ1n) is 7.82. The van der Waals surface area contributed by atoms with Crippen LogP contribution in [0.4, 0.5) is 0 Å². The van der Waals surface area contributed by atoms with Gasteiger partial charge in [-0.05, 0) is 51.3 Å². The Bertz CT molecular complexity index is 464. The first kappa shape index (κ1) is 15.7. The molecule has 0 spiro atoms. The van der Waals surface area contributed by atoms with E-state index in [9.17, 15) is 4.79 Å². The topological polar surface area (TPSA) is 44.7 Å². The summed E-state index contributed by atoms with van der Waals surface area (Å²) in [4.78, 5) is 14.0. The van der Waals surface area contributed by atoms with Crippen molar-refractivity contribution in [1.29, 1.82) is 0 Å². The van der Waals surface area contributed by atoms with Crippen LogP contribution in [0.3, 0.4) is 0 Å². The first-order chi connectivity index (χ1) is 10.2. The molecule has 0 aromatic heterocycles. The van der Waals surface area contributed by atoms with Crippen LogP contribution >= 0.6 is 0 Å². The average molecular weight is 287 g/mol. The molecular weight excluding hydrogens is 262 g/mol. The number of amides is 1. The minimum atomic E-state index is -0.00374. The van der Waals surface area contributed by atoms with Crippen LogP contribution in [0.5, 0.6) is 0 Å². The van der Waals surface area contributed by atoms with Crippen molar-refractivity contribution in [3.8, 4) is 0 Å². The lowest BCUT2D eigenvalue weighted by Crippen LogP contribution is -2.38. The van der Waals surface area contributed by atoms with Gasteiger partial charge in [0.1, 0.15) is 0 Å². The second-order valence-corrected chi connectivity index (χ2v) is 5.70. The maximum Gasteiger partial charge on any atom is 0.254 e. The van der Waals surface area contributed by atoms with Crippen molar-refractivity contribution in [2.24, 2.45) is 5.10 Å². The predicted octanol–water partition coefficient (Wildman–Crippen LogP) is 2.60. The van der Waals surface area contributed by atoms with Gasteiger partial charge in [-0.15, -0.1) is 0 Å². The molecule has 0 saturated carbocycles. The summed E-state index contributed by atoms with van der Waals surface area (Å²) in [6, 6.07) is 10.3. The monoisotopic (exact) mass is 287 g/mol. The lowest BCUT2D eigenvalue weighted by atomic mass is 10.1. The van der Waals surface area contributed by atoms with E-state index in [1.165, 1.54) is 24.8 Å². The molecule has 1 fully saturated rings. The van der Waals surface area contributed by atoms with Crippen LogP contribution in [-0.2, 0) is 11.2 Å². The molecule has 1 aliphatic rings. The van der Waals surface area contributed by atoms with E-state index in [1.54, 1.807) is 0 Å². The summed E-state index contributed by atoms with van der Waals surface area (Å²) < 4.78 is 0. The number of hydrogen-bond acceptors (Lipinski definition) is 3. The zero-order valence-corrected chi connectivity index (χ0v) is 12.8. The Labute approximate surface area is 127 Å². The Hall–Kier alpha value is -1.68. The number of nitrogens with one attached hydrogen (secondary N) is 1. The minimum Gasteiger partial charge on any atom is -0.294 e. The molecule has 21 heavy (non-hydrogen) atoms. The molecule has 1 aromatic rings. The molecule has 4 heteroatoms. The van der Waals surface area contributed by atoms with Crippen LogP contribution in [0.1, 0.15) is 38.2 Å². The Kier molecular flexibility index (Phi) is 6.41. The smallest absolute Gasteiger partial charge is 0.254 e. The Morgan fingerprint density at radius 1 is 1.19 bits per heavy atom. The van der Waals surface area contributed by atoms with E-state index in [-0.39, 0.29) is 5.91 Å². The van der Waals surface area contributed by atoms with Crippen LogP contribution < -0.4 is 5.43 Å². The number of carbonyl (C=O) groups excluding carboxylic acids is 1. The molecule has 1 heterocycles. The largest absolute Gasteiger partial charge is 0.294 e. The van der Waals surface area contributed by atoms with Gasteiger partial charge in [-0.3, -0.25) is 9.69 Å². The molecule has 1 amide bonds. The molecule has 114 valence electrons. The van der Waals surface area contributed by atoms with Crippen molar-refractivity contribution in [3.63, 3.8) is 0 Å². The van der Waals surface area contributed by atoms with Gasteiger partial charge < -0.3 is 0 Å². The summed E-state index contributed by atoms with van der Waals surface area (Å²) >= 11 is 0. The van der Waals surface area contributed by atoms with Crippen molar-refractivity contribution in [2.75, 3.05) is 19.6 Å². The standard InChI is InChI=1S/C17H25N3O/c1-15(10-11-16-8-4-2-5-9-16)18-19-17(21)14-20-12-6-3-7-13-20/h2,4-5,8-9H,3,6-7,10-14H2,1H3,(H,19,21)/b18-15-. The van der Waals surface area contributed by atoms with Gasteiger partial charge in [0, 0.05) is 5.71 Å². The fourth-order valence-corrected chi connectivity index (χ4v) is 2.54. The van der Waals surface area contributed by atoms with E-state index in [1.807, 2.05) is 25.1 Å². The van der Waals surface area contributed by atoms with E-state index in [2.05, 4.69) is 27.6 Å². The van der Waals surface area contributed by atoms with Gasteiger partial charge in [0.25, 0.3) is 5.91 Å². The van der Waals surface area contributed by atoms with Crippen LogP contribution in [0.25, 0.3) is 0 Å². The highest BCUT2D eigenvalue weighted by Gasteiger charge is 2.13. The third-order valence-corrected chi connectivity index (χ3v) is 3.81. The van der Waals surface area contributed by atoms with Crippen molar-refractivity contribution in [3.05, 3.63) is 35.9 Å². The van der Waals surface area contributed by atoms with Crippen LogP contribution in [0, 0.1) is 0 Å². The maximum absolute atomic E-state index is 11.8. The van der Waals surface area contributed by atoms with Crippen molar-refractivity contribution < 1.29 is 4.79 Å². The SMILES string of the molecule is C/C(CCc1ccccc1)=N/NC(=O)CN1CCCCC1. The molecule has 0 atom stereocenters. The van der Waals surface area contributed by atoms with E-state index >= 15 is 0 Å². The fourth-order valence-electron chi connectivity index (χ4n) is 2.54. The van der Waals surface area contributed by atoms with Gasteiger partial charge in [0.05, 0.1) is 6.54 Å². The number of carbonyl (C=O) groups is 1. The molecule has 1 aromatic carbocycles. The summed E-state index contributed by atoms with van der Waals surface area (Å²) in [5, 5.41) is 4.20. The number of aryl methyl sites for hydroxylation is 1. The Morgan fingerprint density at radius 2 is 1.90 bits per heavy atom. The van der Waals surface area contributed by atoms with Gasteiger partial charge in [-0.2, -0.15) is 5.10 Å². The fraction of sp³-hybridized carbons (Fsp3) is 0.529. The van der Waals surface area contributed by atoms with Crippen molar-refractivity contribution in [1.82, 2.24) is 10.3 Å². The van der Waals surface area contributed by atoms with Gasteiger partial charge in [0.15, 0.2) is 0 Å². The van der Waals surface area contributed by atoms with E-state index in [4.69, 9.17) is 0 Å². The minimum absolute atomic E-state index is 0.00374.